The Kier molecular flexibility index (Phi) is 5.50. The van der Waals surface area contributed by atoms with Crippen LogP contribution in [0.2, 0.25) is 0 Å². The van der Waals surface area contributed by atoms with E-state index in [0.717, 1.165) is 16.1 Å². The van der Waals surface area contributed by atoms with Crippen molar-refractivity contribution in [1.29, 1.82) is 0 Å². The molecular formula is C24H28N2O2. The van der Waals surface area contributed by atoms with Gasteiger partial charge in [0.2, 0.25) is 0 Å². The van der Waals surface area contributed by atoms with Gasteiger partial charge in [-0.1, -0.05) is 39.0 Å². The molecule has 0 saturated carbocycles. The first-order chi connectivity index (χ1) is 13.1. The lowest BCUT2D eigenvalue weighted by atomic mass is 9.87. The van der Waals surface area contributed by atoms with Gasteiger partial charge < -0.3 is 5.32 Å². The van der Waals surface area contributed by atoms with Gasteiger partial charge >= 0.3 is 0 Å². The van der Waals surface area contributed by atoms with E-state index in [1.165, 1.54) is 11.1 Å². The number of benzene rings is 2. The minimum absolute atomic E-state index is 0.0584. The van der Waals surface area contributed by atoms with E-state index >= 15 is 0 Å². The SMILES string of the molecule is Cc1cc2c(cc1C)=NC(=O)C(CCNC(=O)c1ccc(C(C)(C)C)cc1)C=2. The Morgan fingerprint density at radius 3 is 2.36 bits per heavy atom. The van der Waals surface area contributed by atoms with Gasteiger partial charge in [-0.05, 0) is 71.9 Å². The third kappa shape index (κ3) is 4.38. The average Bonchev–Trinajstić information content (AvgIpc) is 2.63. The van der Waals surface area contributed by atoms with Gasteiger partial charge in [0.25, 0.3) is 11.8 Å². The molecule has 1 N–H and O–H groups in total. The Morgan fingerprint density at radius 2 is 1.71 bits per heavy atom. The number of fused-ring (bicyclic) bond motifs is 1. The number of aryl methyl sites for hydroxylation is 2. The van der Waals surface area contributed by atoms with Gasteiger partial charge in [0, 0.05) is 12.1 Å². The quantitative estimate of drug-likeness (QED) is 0.892. The molecule has 146 valence electrons. The first kappa shape index (κ1) is 20.0. The summed E-state index contributed by atoms with van der Waals surface area (Å²) >= 11 is 0. The molecule has 1 unspecified atom stereocenters. The van der Waals surface area contributed by atoms with Crippen LogP contribution in [0.5, 0.6) is 0 Å². The number of nitrogens with zero attached hydrogens (tertiary/aromatic N) is 1. The summed E-state index contributed by atoms with van der Waals surface area (Å²) < 4.78 is 0. The largest absolute Gasteiger partial charge is 0.352 e. The first-order valence-electron chi connectivity index (χ1n) is 9.75. The van der Waals surface area contributed by atoms with E-state index in [-0.39, 0.29) is 23.1 Å². The van der Waals surface area contributed by atoms with E-state index in [1.807, 2.05) is 43.3 Å². The molecule has 1 aliphatic heterocycles. The molecule has 0 radical (unpaired) electrons. The summed E-state index contributed by atoms with van der Waals surface area (Å²) in [5.41, 5.74) is 4.20. The monoisotopic (exact) mass is 376 g/mol. The Labute approximate surface area is 166 Å². The van der Waals surface area contributed by atoms with Crippen LogP contribution in [0.25, 0.3) is 6.08 Å². The molecule has 2 aromatic rings. The van der Waals surface area contributed by atoms with Crippen LogP contribution in [-0.4, -0.2) is 18.4 Å². The highest BCUT2D eigenvalue weighted by atomic mass is 16.2. The Bertz CT molecular complexity index is 1030. The normalized spacial score (nSPS) is 16.0. The highest BCUT2D eigenvalue weighted by Gasteiger charge is 2.19. The zero-order valence-electron chi connectivity index (χ0n) is 17.3. The second-order valence-electron chi connectivity index (χ2n) is 8.59. The van der Waals surface area contributed by atoms with Crippen LogP contribution in [-0.2, 0) is 10.2 Å². The highest BCUT2D eigenvalue weighted by Crippen LogP contribution is 2.22. The van der Waals surface area contributed by atoms with Crippen LogP contribution in [0.3, 0.4) is 0 Å². The number of hydrogen-bond donors (Lipinski definition) is 1. The molecular weight excluding hydrogens is 348 g/mol. The van der Waals surface area contributed by atoms with Crippen LogP contribution >= 0.6 is 0 Å². The minimum Gasteiger partial charge on any atom is -0.352 e. The molecule has 0 spiro atoms. The lowest BCUT2D eigenvalue weighted by Gasteiger charge is -2.19. The topological polar surface area (TPSA) is 58.5 Å². The summed E-state index contributed by atoms with van der Waals surface area (Å²) in [4.78, 5) is 28.9. The number of nitrogens with one attached hydrogen (secondary N) is 1. The van der Waals surface area contributed by atoms with Gasteiger partial charge in [-0.25, -0.2) is 4.99 Å². The van der Waals surface area contributed by atoms with Gasteiger partial charge in [-0.2, -0.15) is 0 Å². The van der Waals surface area contributed by atoms with E-state index in [9.17, 15) is 9.59 Å². The number of rotatable bonds is 4. The molecule has 3 rings (SSSR count). The van der Waals surface area contributed by atoms with E-state index < -0.39 is 0 Å². The molecule has 28 heavy (non-hydrogen) atoms. The fourth-order valence-corrected chi connectivity index (χ4v) is 3.31. The number of hydrogen-bond acceptors (Lipinski definition) is 2. The number of carbonyl (C=O) groups is 2. The van der Waals surface area contributed by atoms with E-state index in [0.29, 0.717) is 18.5 Å². The van der Waals surface area contributed by atoms with Crippen molar-refractivity contribution in [2.75, 3.05) is 6.54 Å². The molecule has 0 aliphatic carbocycles. The Balaban J connectivity index is 1.63. The first-order valence-corrected chi connectivity index (χ1v) is 9.75. The Morgan fingerprint density at radius 1 is 1.07 bits per heavy atom. The predicted molar refractivity (Wildman–Crippen MR) is 112 cm³/mol. The third-order valence-corrected chi connectivity index (χ3v) is 5.33. The van der Waals surface area contributed by atoms with Crippen LogP contribution in [0.15, 0.2) is 41.4 Å². The van der Waals surface area contributed by atoms with Gasteiger partial charge in [0.1, 0.15) is 0 Å². The van der Waals surface area contributed by atoms with Gasteiger partial charge in [-0.3, -0.25) is 9.59 Å². The molecule has 0 aromatic heterocycles. The standard InChI is InChI=1S/C24H28N2O2/c1-15-12-19-14-18(23(28)26-21(19)13-16(15)2)10-11-25-22(27)17-6-8-20(9-7-17)24(3,4)5/h6-9,12-14,18H,10-11H2,1-5H3,(H,25,27). The summed E-state index contributed by atoms with van der Waals surface area (Å²) in [6.07, 6.45) is 2.52. The van der Waals surface area contributed by atoms with E-state index in [4.69, 9.17) is 0 Å². The zero-order valence-corrected chi connectivity index (χ0v) is 17.3. The summed E-state index contributed by atoms with van der Waals surface area (Å²) in [7, 11) is 0. The molecule has 1 aliphatic rings. The lowest BCUT2D eigenvalue weighted by molar-refractivity contribution is -0.120. The molecule has 4 heteroatoms. The smallest absolute Gasteiger partial charge is 0.253 e. The van der Waals surface area contributed by atoms with Crippen molar-refractivity contribution in [1.82, 2.24) is 5.32 Å². The van der Waals surface area contributed by atoms with E-state index in [2.05, 4.69) is 44.1 Å². The van der Waals surface area contributed by atoms with Crippen molar-refractivity contribution in [3.8, 4) is 0 Å². The second-order valence-corrected chi connectivity index (χ2v) is 8.59. The second kappa shape index (κ2) is 7.70. The maximum absolute atomic E-state index is 12.4. The van der Waals surface area contributed by atoms with Crippen molar-refractivity contribution in [3.63, 3.8) is 0 Å². The predicted octanol–water partition coefficient (Wildman–Crippen LogP) is 2.98. The zero-order chi connectivity index (χ0) is 20.5. The summed E-state index contributed by atoms with van der Waals surface area (Å²) in [6, 6.07) is 11.7. The number of amides is 2. The van der Waals surface area contributed by atoms with Gasteiger partial charge in [-0.15, -0.1) is 0 Å². The fourth-order valence-electron chi connectivity index (χ4n) is 3.31. The van der Waals surface area contributed by atoms with Crippen molar-refractivity contribution >= 4 is 17.9 Å². The minimum atomic E-state index is -0.293. The summed E-state index contributed by atoms with van der Waals surface area (Å²) in [6.45, 7) is 10.9. The molecule has 4 nitrogen and oxygen atoms in total. The van der Waals surface area contributed by atoms with Crippen LogP contribution in [0.1, 0.15) is 54.2 Å². The lowest BCUT2D eigenvalue weighted by Crippen LogP contribution is -2.36. The molecule has 1 heterocycles. The van der Waals surface area contributed by atoms with Crippen molar-refractivity contribution in [2.45, 2.75) is 46.5 Å². The molecule has 0 fully saturated rings. The molecule has 2 amide bonds. The van der Waals surface area contributed by atoms with Crippen LogP contribution in [0, 0.1) is 19.8 Å². The number of carbonyl (C=O) groups excluding carboxylic acids is 2. The molecule has 0 saturated heterocycles. The third-order valence-electron chi connectivity index (χ3n) is 5.33. The van der Waals surface area contributed by atoms with Crippen LogP contribution < -0.4 is 15.9 Å². The Hall–Kier alpha value is -2.75. The highest BCUT2D eigenvalue weighted by molar-refractivity contribution is 5.94. The maximum Gasteiger partial charge on any atom is 0.253 e. The van der Waals surface area contributed by atoms with Crippen molar-refractivity contribution in [3.05, 3.63) is 69.2 Å². The van der Waals surface area contributed by atoms with Gasteiger partial charge in [0.05, 0.1) is 11.3 Å². The molecule has 2 aromatic carbocycles. The fraction of sp³-hybridized carbons (Fsp3) is 0.375. The van der Waals surface area contributed by atoms with Gasteiger partial charge in [0.15, 0.2) is 0 Å². The van der Waals surface area contributed by atoms with Crippen molar-refractivity contribution in [2.24, 2.45) is 10.9 Å². The van der Waals surface area contributed by atoms with Crippen LogP contribution in [0.4, 0.5) is 0 Å². The van der Waals surface area contributed by atoms with Crippen molar-refractivity contribution < 1.29 is 9.59 Å². The summed E-state index contributed by atoms with van der Waals surface area (Å²) in [5.74, 6) is -0.551. The molecule has 0 bridgehead atoms. The maximum atomic E-state index is 12.4. The molecule has 1 atom stereocenters. The average molecular weight is 377 g/mol. The summed E-state index contributed by atoms with van der Waals surface area (Å²) in [5, 5.41) is 4.66. The van der Waals surface area contributed by atoms with E-state index in [1.54, 1.807) is 0 Å².